The van der Waals surface area contributed by atoms with E-state index < -0.39 is 5.54 Å². The SMILES string of the molecule is Cc1cc(C)cc(NC(=S)NC(C)(C)CO)c1. The van der Waals surface area contributed by atoms with Crippen LogP contribution >= 0.6 is 12.2 Å². The van der Waals surface area contributed by atoms with E-state index >= 15 is 0 Å². The van der Waals surface area contributed by atoms with E-state index in [2.05, 4.69) is 16.7 Å². The van der Waals surface area contributed by atoms with E-state index in [1.165, 1.54) is 11.1 Å². The average Bonchev–Trinajstić information content (AvgIpc) is 2.14. The Balaban J connectivity index is 2.68. The molecule has 94 valence electrons. The van der Waals surface area contributed by atoms with E-state index in [9.17, 15) is 0 Å². The summed E-state index contributed by atoms with van der Waals surface area (Å²) in [5.74, 6) is 0. The number of aliphatic hydroxyl groups excluding tert-OH is 1. The largest absolute Gasteiger partial charge is 0.394 e. The van der Waals surface area contributed by atoms with Gasteiger partial charge in [-0.05, 0) is 63.2 Å². The van der Waals surface area contributed by atoms with E-state index in [4.69, 9.17) is 17.3 Å². The van der Waals surface area contributed by atoms with Gasteiger partial charge < -0.3 is 15.7 Å². The number of thiocarbonyl (C=S) groups is 1. The van der Waals surface area contributed by atoms with Gasteiger partial charge in [-0.2, -0.15) is 0 Å². The van der Waals surface area contributed by atoms with Crippen molar-refractivity contribution in [1.29, 1.82) is 0 Å². The summed E-state index contributed by atoms with van der Waals surface area (Å²) in [7, 11) is 0. The molecule has 0 radical (unpaired) electrons. The summed E-state index contributed by atoms with van der Waals surface area (Å²) in [4.78, 5) is 0. The van der Waals surface area contributed by atoms with Crippen LogP contribution in [0.1, 0.15) is 25.0 Å². The Kier molecular flexibility index (Phi) is 4.48. The fourth-order valence-corrected chi connectivity index (χ4v) is 1.95. The van der Waals surface area contributed by atoms with Crippen molar-refractivity contribution in [2.24, 2.45) is 0 Å². The fraction of sp³-hybridized carbons (Fsp3) is 0.462. The third kappa shape index (κ3) is 4.71. The molecule has 0 heterocycles. The minimum atomic E-state index is -0.414. The van der Waals surface area contributed by atoms with Gasteiger partial charge in [0.05, 0.1) is 12.1 Å². The Bertz CT molecular complexity index is 396. The maximum absolute atomic E-state index is 9.15. The predicted octanol–water partition coefficient (Wildman–Crippen LogP) is 2.36. The first-order chi connectivity index (χ1) is 7.82. The second-order valence-corrected chi connectivity index (χ2v) is 5.41. The Morgan fingerprint density at radius 3 is 2.24 bits per heavy atom. The van der Waals surface area contributed by atoms with E-state index in [1.807, 2.05) is 39.8 Å². The van der Waals surface area contributed by atoms with Crippen LogP contribution in [-0.2, 0) is 0 Å². The first kappa shape index (κ1) is 13.9. The summed E-state index contributed by atoms with van der Waals surface area (Å²) in [6.45, 7) is 7.91. The average molecular weight is 252 g/mol. The van der Waals surface area contributed by atoms with Crippen molar-refractivity contribution in [3.8, 4) is 0 Å². The summed E-state index contributed by atoms with van der Waals surface area (Å²) in [6.07, 6.45) is 0. The van der Waals surface area contributed by atoms with Crippen molar-refractivity contribution in [1.82, 2.24) is 5.32 Å². The van der Waals surface area contributed by atoms with Crippen LogP contribution in [0.4, 0.5) is 5.69 Å². The van der Waals surface area contributed by atoms with Crippen LogP contribution in [0.5, 0.6) is 0 Å². The standard InChI is InChI=1S/C13H20N2OS/c1-9-5-10(2)7-11(6-9)14-12(17)15-13(3,4)8-16/h5-7,16H,8H2,1-4H3,(H2,14,15,17). The lowest BCUT2D eigenvalue weighted by Gasteiger charge is -2.25. The summed E-state index contributed by atoms with van der Waals surface area (Å²) < 4.78 is 0. The number of hydrogen-bond acceptors (Lipinski definition) is 2. The number of benzene rings is 1. The van der Waals surface area contributed by atoms with E-state index in [1.54, 1.807) is 0 Å². The van der Waals surface area contributed by atoms with E-state index in [0.29, 0.717) is 5.11 Å². The predicted molar refractivity (Wildman–Crippen MR) is 76.4 cm³/mol. The van der Waals surface area contributed by atoms with Gasteiger partial charge >= 0.3 is 0 Å². The summed E-state index contributed by atoms with van der Waals surface area (Å²) in [6, 6.07) is 6.18. The topological polar surface area (TPSA) is 44.3 Å². The van der Waals surface area contributed by atoms with Crippen molar-refractivity contribution in [3.63, 3.8) is 0 Å². The molecule has 0 fully saturated rings. The molecule has 1 aromatic rings. The van der Waals surface area contributed by atoms with Gasteiger partial charge in [0.15, 0.2) is 5.11 Å². The highest BCUT2D eigenvalue weighted by molar-refractivity contribution is 7.80. The number of rotatable bonds is 3. The molecule has 0 spiro atoms. The minimum Gasteiger partial charge on any atom is -0.394 e. The third-order valence-electron chi connectivity index (χ3n) is 2.33. The molecule has 3 N–H and O–H groups in total. The molecule has 1 aromatic carbocycles. The Morgan fingerprint density at radius 1 is 1.24 bits per heavy atom. The summed E-state index contributed by atoms with van der Waals surface area (Å²) in [5, 5.41) is 15.9. The number of nitrogens with one attached hydrogen (secondary N) is 2. The van der Waals surface area contributed by atoms with Gasteiger partial charge in [0, 0.05) is 5.69 Å². The zero-order valence-corrected chi connectivity index (χ0v) is 11.6. The third-order valence-corrected chi connectivity index (χ3v) is 2.53. The highest BCUT2D eigenvalue weighted by atomic mass is 32.1. The van der Waals surface area contributed by atoms with Crippen molar-refractivity contribution in [2.45, 2.75) is 33.2 Å². The molecule has 0 bridgehead atoms. The molecule has 0 amide bonds. The maximum atomic E-state index is 9.15. The molecule has 0 atom stereocenters. The zero-order valence-electron chi connectivity index (χ0n) is 10.8. The molecule has 0 aliphatic carbocycles. The highest BCUT2D eigenvalue weighted by Gasteiger charge is 2.16. The fourth-order valence-electron chi connectivity index (χ4n) is 1.56. The Morgan fingerprint density at radius 2 is 1.76 bits per heavy atom. The molecule has 0 unspecified atom stereocenters. The molecule has 4 heteroatoms. The molecular formula is C13H20N2OS. The lowest BCUT2D eigenvalue weighted by Crippen LogP contribution is -2.47. The van der Waals surface area contributed by atoms with Gasteiger partial charge in [-0.3, -0.25) is 0 Å². The van der Waals surface area contributed by atoms with Gasteiger partial charge in [0.1, 0.15) is 0 Å². The number of hydrogen-bond donors (Lipinski definition) is 3. The van der Waals surface area contributed by atoms with Gasteiger partial charge in [0.25, 0.3) is 0 Å². The zero-order chi connectivity index (χ0) is 13.1. The molecule has 0 aromatic heterocycles. The normalized spacial score (nSPS) is 11.1. The monoisotopic (exact) mass is 252 g/mol. The Labute approximate surface area is 108 Å². The van der Waals surface area contributed by atoms with Gasteiger partial charge in [-0.1, -0.05) is 6.07 Å². The van der Waals surface area contributed by atoms with Crippen LogP contribution in [0.2, 0.25) is 0 Å². The molecule has 0 saturated carbocycles. The van der Waals surface area contributed by atoms with Crippen LogP contribution in [-0.4, -0.2) is 22.4 Å². The number of aliphatic hydroxyl groups is 1. The second-order valence-electron chi connectivity index (χ2n) is 5.00. The van der Waals surface area contributed by atoms with E-state index in [-0.39, 0.29) is 6.61 Å². The number of aryl methyl sites for hydroxylation is 2. The Hall–Kier alpha value is -1.13. The molecule has 1 rings (SSSR count). The lowest BCUT2D eigenvalue weighted by molar-refractivity contribution is 0.207. The summed E-state index contributed by atoms with van der Waals surface area (Å²) >= 11 is 5.20. The molecule has 0 aliphatic rings. The van der Waals surface area contributed by atoms with Crippen molar-refractivity contribution < 1.29 is 5.11 Å². The molecule has 0 aliphatic heterocycles. The van der Waals surface area contributed by atoms with Crippen LogP contribution in [0.25, 0.3) is 0 Å². The molecule has 3 nitrogen and oxygen atoms in total. The van der Waals surface area contributed by atoms with E-state index in [0.717, 1.165) is 5.69 Å². The van der Waals surface area contributed by atoms with Crippen LogP contribution in [0, 0.1) is 13.8 Å². The molecule has 0 saturated heterocycles. The maximum Gasteiger partial charge on any atom is 0.171 e. The first-order valence-corrected chi connectivity index (χ1v) is 6.01. The molecule has 17 heavy (non-hydrogen) atoms. The van der Waals surface area contributed by atoms with Crippen molar-refractivity contribution >= 4 is 23.0 Å². The second kappa shape index (κ2) is 5.47. The quantitative estimate of drug-likeness (QED) is 0.723. The van der Waals surface area contributed by atoms with Crippen LogP contribution < -0.4 is 10.6 Å². The number of anilines is 1. The van der Waals surface area contributed by atoms with Gasteiger partial charge in [-0.25, -0.2) is 0 Å². The first-order valence-electron chi connectivity index (χ1n) is 5.61. The van der Waals surface area contributed by atoms with Crippen molar-refractivity contribution in [3.05, 3.63) is 29.3 Å². The lowest BCUT2D eigenvalue weighted by atomic mass is 10.1. The van der Waals surface area contributed by atoms with Crippen molar-refractivity contribution in [2.75, 3.05) is 11.9 Å². The van der Waals surface area contributed by atoms with Gasteiger partial charge in [-0.15, -0.1) is 0 Å². The molecular weight excluding hydrogens is 232 g/mol. The smallest absolute Gasteiger partial charge is 0.171 e. The van der Waals surface area contributed by atoms with Crippen LogP contribution in [0.15, 0.2) is 18.2 Å². The summed E-state index contributed by atoms with van der Waals surface area (Å²) in [5.41, 5.74) is 2.94. The minimum absolute atomic E-state index is 0.0294. The van der Waals surface area contributed by atoms with Gasteiger partial charge in [0.2, 0.25) is 0 Å². The highest BCUT2D eigenvalue weighted by Crippen LogP contribution is 2.14. The van der Waals surface area contributed by atoms with Crippen LogP contribution in [0.3, 0.4) is 0 Å².